The average Bonchev–Trinajstić information content (AvgIpc) is 3.48. The normalized spacial score (nSPS) is 18.6. The van der Waals surface area contributed by atoms with E-state index in [4.69, 9.17) is 4.74 Å². The number of hydrogen-bond donors (Lipinski definition) is 0. The Labute approximate surface area is 170 Å². The number of rotatable bonds is 4. The van der Waals surface area contributed by atoms with E-state index in [0.29, 0.717) is 24.8 Å². The number of piperidine rings is 1. The molecular formula is C22H27N5O2. The summed E-state index contributed by atoms with van der Waals surface area (Å²) in [5.41, 5.74) is 1.68. The number of amides is 1. The summed E-state index contributed by atoms with van der Waals surface area (Å²) in [7, 11) is 1.77. The number of hydrogen-bond acceptors (Lipinski definition) is 4. The van der Waals surface area contributed by atoms with Crippen molar-refractivity contribution in [3.63, 3.8) is 0 Å². The highest BCUT2D eigenvalue weighted by molar-refractivity contribution is 5.92. The lowest BCUT2D eigenvalue weighted by Gasteiger charge is -2.31. The maximum atomic E-state index is 12.5. The van der Waals surface area contributed by atoms with Gasteiger partial charge in [-0.2, -0.15) is 0 Å². The van der Waals surface area contributed by atoms with Crippen LogP contribution in [-0.2, 0) is 7.05 Å². The summed E-state index contributed by atoms with van der Waals surface area (Å²) in [6.45, 7) is 1.36. The van der Waals surface area contributed by atoms with Crippen molar-refractivity contribution < 1.29 is 9.53 Å². The van der Waals surface area contributed by atoms with E-state index in [0.717, 1.165) is 18.6 Å². The van der Waals surface area contributed by atoms with Crippen molar-refractivity contribution in [2.75, 3.05) is 13.1 Å². The van der Waals surface area contributed by atoms with Gasteiger partial charge in [-0.1, -0.05) is 24.1 Å². The Morgan fingerprint density at radius 2 is 1.90 bits per heavy atom. The second kappa shape index (κ2) is 7.54. The van der Waals surface area contributed by atoms with E-state index >= 15 is 0 Å². The summed E-state index contributed by atoms with van der Waals surface area (Å²) >= 11 is 0. The van der Waals surface area contributed by atoms with E-state index in [1.807, 2.05) is 4.90 Å². The Balaban J connectivity index is 1.26. The van der Waals surface area contributed by atoms with E-state index in [9.17, 15) is 4.79 Å². The van der Waals surface area contributed by atoms with Crippen LogP contribution in [0.4, 0.5) is 0 Å². The van der Waals surface area contributed by atoms with E-state index in [1.165, 1.54) is 36.6 Å². The molecule has 7 heteroatoms. The number of likely N-dealkylation sites (tertiary alicyclic amines) is 1. The van der Waals surface area contributed by atoms with Crippen LogP contribution in [0.2, 0.25) is 0 Å². The maximum Gasteiger partial charge on any atom is 0.276 e. The summed E-state index contributed by atoms with van der Waals surface area (Å²) < 4.78 is 10.4. The minimum absolute atomic E-state index is 0.0488. The molecule has 0 atom stereocenters. The fourth-order valence-electron chi connectivity index (χ4n) is 4.73. The highest BCUT2D eigenvalue weighted by Crippen LogP contribution is 2.36. The number of aromatic nitrogens is 4. The molecule has 1 aliphatic carbocycles. The molecule has 0 radical (unpaired) electrons. The van der Waals surface area contributed by atoms with Crippen LogP contribution in [0, 0.1) is 0 Å². The van der Waals surface area contributed by atoms with Crippen molar-refractivity contribution in [3.05, 3.63) is 42.4 Å². The minimum atomic E-state index is -0.0488. The Kier molecular flexibility index (Phi) is 4.73. The summed E-state index contributed by atoms with van der Waals surface area (Å²) in [5.74, 6) is 0.908. The molecule has 1 aliphatic heterocycles. The van der Waals surface area contributed by atoms with Crippen molar-refractivity contribution in [1.82, 2.24) is 24.5 Å². The lowest BCUT2D eigenvalue weighted by atomic mass is 10.1. The highest BCUT2D eigenvalue weighted by Gasteiger charge is 2.27. The van der Waals surface area contributed by atoms with Crippen molar-refractivity contribution in [2.24, 2.45) is 7.05 Å². The molecule has 1 amide bonds. The maximum absolute atomic E-state index is 12.5. The summed E-state index contributed by atoms with van der Waals surface area (Å²) in [5, 5.41) is 8.98. The lowest BCUT2D eigenvalue weighted by Crippen LogP contribution is -2.42. The van der Waals surface area contributed by atoms with E-state index in [-0.39, 0.29) is 12.0 Å². The molecule has 5 rings (SSSR count). The molecule has 7 nitrogen and oxygen atoms in total. The number of nitrogens with zero attached hydrogens (tertiary/aromatic N) is 5. The van der Waals surface area contributed by atoms with Crippen molar-refractivity contribution in [3.8, 4) is 5.75 Å². The topological polar surface area (TPSA) is 65.2 Å². The molecular weight excluding hydrogens is 366 g/mol. The van der Waals surface area contributed by atoms with Crippen molar-refractivity contribution >= 4 is 16.8 Å². The first-order chi connectivity index (χ1) is 14.2. The van der Waals surface area contributed by atoms with Gasteiger partial charge in [0.05, 0.1) is 11.7 Å². The fraction of sp³-hybridized carbons (Fsp3) is 0.500. The van der Waals surface area contributed by atoms with Gasteiger partial charge in [0.1, 0.15) is 11.9 Å². The van der Waals surface area contributed by atoms with E-state index in [1.54, 1.807) is 17.9 Å². The Morgan fingerprint density at radius 3 is 2.62 bits per heavy atom. The molecule has 0 unspecified atom stereocenters. The van der Waals surface area contributed by atoms with E-state index < -0.39 is 0 Å². The first-order valence-corrected chi connectivity index (χ1v) is 10.6. The van der Waals surface area contributed by atoms with Crippen LogP contribution >= 0.6 is 0 Å². The first-order valence-electron chi connectivity index (χ1n) is 10.6. The second-order valence-corrected chi connectivity index (χ2v) is 8.24. The molecule has 2 aliphatic rings. The summed E-state index contributed by atoms with van der Waals surface area (Å²) in [6, 6.07) is 9.17. The molecule has 3 aromatic rings. The molecule has 0 bridgehead atoms. The van der Waals surface area contributed by atoms with Crippen LogP contribution in [0.3, 0.4) is 0 Å². The zero-order valence-electron chi connectivity index (χ0n) is 16.8. The quantitative estimate of drug-likeness (QED) is 0.680. The lowest BCUT2D eigenvalue weighted by molar-refractivity contribution is 0.0592. The SMILES string of the molecule is Cn1cc(C(=O)N2CCC(Oc3cccc4c3ccn4C3CCCC3)CC2)nn1. The Hall–Kier alpha value is -2.83. The smallest absolute Gasteiger partial charge is 0.276 e. The Bertz CT molecular complexity index is 1010. The molecule has 3 heterocycles. The van der Waals surface area contributed by atoms with Gasteiger partial charge in [0.2, 0.25) is 0 Å². The monoisotopic (exact) mass is 393 g/mol. The molecule has 2 aromatic heterocycles. The van der Waals surface area contributed by atoms with Gasteiger partial charge in [-0.3, -0.25) is 9.48 Å². The molecule has 0 spiro atoms. The van der Waals surface area contributed by atoms with Crippen LogP contribution in [0.15, 0.2) is 36.7 Å². The molecule has 152 valence electrons. The number of aryl methyl sites for hydroxylation is 1. The molecule has 1 aromatic carbocycles. The number of benzene rings is 1. The summed E-state index contributed by atoms with van der Waals surface area (Å²) in [4.78, 5) is 14.4. The van der Waals surface area contributed by atoms with Gasteiger partial charge in [-0.05, 0) is 31.0 Å². The predicted octanol–water partition coefficient (Wildman–Crippen LogP) is 3.57. The molecule has 1 saturated heterocycles. The molecule has 2 fully saturated rings. The fourth-order valence-corrected chi connectivity index (χ4v) is 4.73. The average molecular weight is 393 g/mol. The van der Waals surface area contributed by atoms with Gasteiger partial charge in [-0.15, -0.1) is 5.10 Å². The first kappa shape index (κ1) is 18.2. The van der Waals surface area contributed by atoms with Gasteiger partial charge >= 0.3 is 0 Å². The zero-order chi connectivity index (χ0) is 19.8. The van der Waals surface area contributed by atoms with Gasteiger partial charge in [-0.25, -0.2) is 0 Å². The van der Waals surface area contributed by atoms with E-state index in [2.05, 4.69) is 45.3 Å². The third kappa shape index (κ3) is 3.50. The number of fused-ring (bicyclic) bond motifs is 1. The zero-order valence-corrected chi connectivity index (χ0v) is 16.8. The third-order valence-corrected chi connectivity index (χ3v) is 6.29. The number of carbonyl (C=O) groups is 1. The van der Waals surface area contributed by atoms with Crippen molar-refractivity contribution in [1.29, 1.82) is 0 Å². The van der Waals surface area contributed by atoms with Crippen molar-refractivity contribution in [2.45, 2.75) is 50.7 Å². The standard InChI is InChI=1S/C22H27N5O2/c1-25-15-19(23-24-25)22(28)26-12-9-17(10-13-26)29-21-8-4-7-20-18(21)11-14-27(20)16-5-2-3-6-16/h4,7-8,11,14-17H,2-3,5-6,9-10,12-13H2,1H3. The number of carbonyl (C=O) groups excluding carboxylic acids is 1. The largest absolute Gasteiger partial charge is 0.490 e. The number of ether oxygens (including phenoxy) is 1. The molecule has 1 saturated carbocycles. The third-order valence-electron chi connectivity index (χ3n) is 6.29. The van der Waals surface area contributed by atoms with Gasteiger partial charge < -0.3 is 14.2 Å². The van der Waals surface area contributed by atoms with Crippen LogP contribution < -0.4 is 4.74 Å². The second-order valence-electron chi connectivity index (χ2n) is 8.24. The van der Waals surface area contributed by atoms with Crippen LogP contribution in [0.5, 0.6) is 5.75 Å². The minimum Gasteiger partial charge on any atom is -0.490 e. The predicted molar refractivity (Wildman–Crippen MR) is 110 cm³/mol. The van der Waals surface area contributed by atoms with Crippen LogP contribution in [-0.4, -0.2) is 49.6 Å². The van der Waals surface area contributed by atoms with Crippen LogP contribution in [0.25, 0.3) is 10.9 Å². The summed E-state index contributed by atoms with van der Waals surface area (Å²) in [6.07, 6.45) is 10.9. The highest BCUT2D eigenvalue weighted by atomic mass is 16.5. The molecule has 0 N–H and O–H groups in total. The Morgan fingerprint density at radius 1 is 1.10 bits per heavy atom. The van der Waals surface area contributed by atoms with Crippen LogP contribution in [0.1, 0.15) is 55.1 Å². The van der Waals surface area contributed by atoms with Gasteiger partial charge in [0.15, 0.2) is 5.69 Å². The van der Waals surface area contributed by atoms with Gasteiger partial charge in [0.25, 0.3) is 5.91 Å². The van der Waals surface area contributed by atoms with Gasteiger partial charge in [0, 0.05) is 50.6 Å². The molecule has 29 heavy (non-hydrogen) atoms.